The van der Waals surface area contributed by atoms with Crippen LogP contribution < -0.4 is 11.1 Å². The molecular weight excluding hydrogens is 318 g/mol. The van der Waals surface area contributed by atoms with Crippen LogP contribution in [0.2, 0.25) is 5.02 Å². The molecule has 4 nitrogen and oxygen atoms in total. The number of nitrogen functional groups attached to an aromatic ring is 1. The number of carbonyl (C=O) groups is 1. The van der Waals surface area contributed by atoms with Crippen LogP contribution in [-0.2, 0) is 0 Å². The van der Waals surface area contributed by atoms with Gasteiger partial charge in [-0.3, -0.25) is 4.79 Å². The van der Waals surface area contributed by atoms with Crippen molar-refractivity contribution in [1.29, 1.82) is 0 Å². The number of rotatable bonds is 2. The molecule has 0 saturated carbocycles. The topological polar surface area (TPSA) is 68.0 Å². The number of anilines is 2. The van der Waals surface area contributed by atoms with Crippen LogP contribution in [0, 0.1) is 0 Å². The molecule has 0 radical (unpaired) electrons. The van der Waals surface area contributed by atoms with E-state index >= 15 is 0 Å². The van der Waals surface area contributed by atoms with E-state index in [-0.39, 0.29) is 5.91 Å². The zero-order chi connectivity index (χ0) is 13.1. The molecule has 0 atom stereocenters. The molecular formula is C12H9BrClN3O. The number of hydrogen-bond acceptors (Lipinski definition) is 3. The molecule has 1 aromatic carbocycles. The maximum Gasteiger partial charge on any atom is 0.258 e. The molecule has 0 fully saturated rings. The first-order chi connectivity index (χ1) is 8.58. The summed E-state index contributed by atoms with van der Waals surface area (Å²) in [6.45, 7) is 0. The summed E-state index contributed by atoms with van der Waals surface area (Å²) in [7, 11) is 0. The molecule has 3 N–H and O–H groups in total. The van der Waals surface area contributed by atoms with Crippen molar-refractivity contribution in [3.05, 3.63) is 51.6 Å². The van der Waals surface area contributed by atoms with Gasteiger partial charge in [-0.25, -0.2) is 4.98 Å². The Bertz CT molecular complexity index is 604. The highest BCUT2D eigenvalue weighted by atomic mass is 79.9. The van der Waals surface area contributed by atoms with E-state index in [9.17, 15) is 4.79 Å². The van der Waals surface area contributed by atoms with Crippen molar-refractivity contribution in [1.82, 2.24) is 4.98 Å². The van der Waals surface area contributed by atoms with Gasteiger partial charge in [-0.1, -0.05) is 11.6 Å². The summed E-state index contributed by atoms with van der Waals surface area (Å²) in [5, 5.41) is 3.16. The normalized spacial score (nSPS) is 10.1. The number of halogens is 2. The van der Waals surface area contributed by atoms with Gasteiger partial charge in [-0.15, -0.1) is 0 Å². The second kappa shape index (κ2) is 5.37. The number of aromatic nitrogens is 1. The van der Waals surface area contributed by atoms with E-state index in [1.807, 2.05) is 0 Å². The third kappa shape index (κ3) is 2.80. The summed E-state index contributed by atoms with van der Waals surface area (Å²) in [5.41, 5.74) is 6.42. The molecule has 1 amide bonds. The Morgan fingerprint density at radius 3 is 2.83 bits per heavy atom. The zero-order valence-electron chi connectivity index (χ0n) is 9.15. The van der Waals surface area contributed by atoms with Gasteiger partial charge in [0.15, 0.2) is 0 Å². The molecule has 0 bridgehead atoms. The molecule has 2 rings (SSSR count). The van der Waals surface area contributed by atoms with Crippen molar-refractivity contribution in [3.63, 3.8) is 0 Å². The first-order valence-electron chi connectivity index (χ1n) is 5.05. The average Bonchev–Trinajstić information content (AvgIpc) is 2.32. The Balaban J connectivity index is 2.25. The highest BCUT2D eigenvalue weighted by molar-refractivity contribution is 9.10. The van der Waals surface area contributed by atoms with Crippen molar-refractivity contribution in [3.8, 4) is 0 Å². The van der Waals surface area contributed by atoms with Crippen molar-refractivity contribution in [2.75, 3.05) is 11.1 Å². The first kappa shape index (κ1) is 12.9. The Morgan fingerprint density at radius 2 is 2.17 bits per heavy atom. The predicted molar refractivity (Wildman–Crippen MR) is 75.8 cm³/mol. The van der Waals surface area contributed by atoms with Gasteiger partial charge in [-0.2, -0.15) is 0 Å². The van der Waals surface area contributed by atoms with E-state index in [1.165, 1.54) is 6.07 Å². The van der Waals surface area contributed by atoms with Gasteiger partial charge in [-0.05, 0) is 46.3 Å². The quantitative estimate of drug-likeness (QED) is 0.832. The van der Waals surface area contributed by atoms with E-state index in [1.54, 1.807) is 30.5 Å². The summed E-state index contributed by atoms with van der Waals surface area (Å²) in [5.74, 6) is 0.111. The Labute approximate surface area is 117 Å². The van der Waals surface area contributed by atoms with E-state index in [2.05, 4.69) is 26.2 Å². The smallest absolute Gasteiger partial charge is 0.258 e. The third-order valence-electron chi connectivity index (χ3n) is 2.25. The minimum atomic E-state index is -0.330. The highest BCUT2D eigenvalue weighted by Gasteiger charge is 2.12. The van der Waals surface area contributed by atoms with Gasteiger partial charge in [0.1, 0.15) is 5.82 Å². The Kier molecular flexibility index (Phi) is 3.84. The first-order valence-corrected chi connectivity index (χ1v) is 6.22. The monoisotopic (exact) mass is 325 g/mol. The molecule has 0 unspecified atom stereocenters. The molecule has 18 heavy (non-hydrogen) atoms. The minimum absolute atomic E-state index is 0.326. The van der Waals surface area contributed by atoms with E-state index in [0.29, 0.717) is 26.6 Å². The van der Waals surface area contributed by atoms with Crippen LogP contribution in [0.4, 0.5) is 11.5 Å². The molecule has 0 spiro atoms. The van der Waals surface area contributed by atoms with Crippen LogP contribution in [0.3, 0.4) is 0 Å². The van der Waals surface area contributed by atoms with Gasteiger partial charge in [0.25, 0.3) is 5.91 Å². The van der Waals surface area contributed by atoms with Crippen LogP contribution in [-0.4, -0.2) is 10.9 Å². The fourth-order valence-corrected chi connectivity index (χ4v) is 1.93. The Hall–Kier alpha value is -1.59. The van der Waals surface area contributed by atoms with E-state index in [4.69, 9.17) is 17.3 Å². The maximum absolute atomic E-state index is 12.0. The number of nitrogens with one attached hydrogen (secondary N) is 1. The fourth-order valence-electron chi connectivity index (χ4n) is 1.39. The molecule has 0 aliphatic carbocycles. The van der Waals surface area contributed by atoms with Crippen molar-refractivity contribution >= 4 is 44.9 Å². The summed E-state index contributed by atoms with van der Waals surface area (Å²) in [4.78, 5) is 16.0. The lowest BCUT2D eigenvalue weighted by molar-refractivity contribution is 0.102. The number of nitrogens with zero attached hydrogens (tertiary/aromatic N) is 1. The molecule has 1 aromatic heterocycles. The van der Waals surface area contributed by atoms with Crippen LogP contribution in [0.5, 0.6) is 0 Å². The third-order valence-corrected chi connectivity index (χ3v) is 3.12. The SMILES string of the molecule is Nc1cc(Cl)ccc1C(=O)Nc1ncccc1Br. The summed E-state index contributed by atoms with van der Waals surface area (Å²) >= 11 is 9.07. The minimum Gasteiger partial charge on any atom is -0.398 e. The van der Waals surface area contributed by atoms with Crippen molar-refractivity contribution < 1.29 is 4.79 Å². The molecule has 2 aromatic rings. The van der Waals surface area contributed by atoms with E-state index in [0.717, 1.165) is 0 Å². The number of benzene rings is 1. The largest absolute Gasteiger partial charge is 0.398 e. The average molecular weight is 327 g/mol. The number of amides is 1. The Morgan fingerprint density at radius 1 is 1.39 bits per heavy atom. The number of carbonyl (C=O) groups excluding carboxylic acids is 1. The van der Waals surface area contributed by atoms with Gasteiger partial charge in [0.05, 0.1) is 10.0 Å². The van der Waals surface area contributed by atoms with Gasteiger partial charge < -0.3 is 11.1 Å². The second-order valence-corrected chi connectivity index (χ2v) is 4.81. The van der Waals surface area contributed by atoms with Gasteiger partial charge in [0, 0.05) is 16.9 Å². The lowest BCUT2D eigenvalue weighted by Crippen LogP contribution is -2.15. The van der Waals surface area contributed by atoms with Crippen LogP contribution >= 0.6 is 27.5 Å². The predicted octanol–water partition coefficient (Wildman–Crippen LogP) is 3.33. The fraction of sp³-hybridized carbons (Fsp3) is 0. The van der Waals surface area contributed by atoms with Gasteiger partial charge >= 0.3 is 0 Å². The summed E-state index contributed by atoms with van der Waals surface area (Å²) in [6.07, 6.45) is 1.59. The van der Waals surface area contributed by atoms with Crippen molar-refractivity contribution in [2.45, 2.75) is 0 Å². The zero-order valence-corrected chi connectivity index (χ0v) is 11.5. The van der Waals surface area contributed by atoms with E-state index < -0.39 is 0 Å². The van der Waals surface area contributed by atoms with Crippen molar-refractivity contribution in [2.24, 2.45) is 0 Å². The standard InChI is InChI=1S/C12H9BrClN3O/c13-9-2-1-5-16-11(9)17-12(18)8-4-3-7(14)6-10(8)15/h1-6H,15H2,(H,16,17,18). The molecule has 1 heterocycles. The summed E-state index contributed by atoms with van der Waals surface area (Å²) < 4.78 is 0.700. The maximum atomic E-state index is 12.0. The van der Waals surface area contributed by atoms with Crippen LogP contribution in [0.1, 0.15) is 10.4 Å². The molecule has 6 heteroatoms. The van der Waals surface area contributed by atoms with Crippen LogP contribution in [0.15, 0.2) is 41.0 Å². The second-order valence-electron chi connectivity index (χ2n) is 3.52. The number of pyridine rings is 1. The summed E-state index contributed by atoms with van der Waals surface area (Å²) in [6, 6.07) is 8.26. The molecule has 92 valence electrons. The molecule has 0 aliphatic rings. The lowest BCUT2D eigenvalue weighted by Gasteiger charge is -2.08. The number of nitrogens with two attached hydrogens (primary N) is 1. The lowest BCUT2D eigenvalue weighted by atomic mass is 10.1. The van der Waals surface area contributed by atoms with Gasteiger partial charge in [0.2, 0.25) is 0 Å². The molecule has 0 aliphatic heterocycles. The van der Waals surface area contributed by atoms with Crippen LogP contribution in [0.25, 0.3) is 0 Å². The molecule has 0 saturated heterocycles. The number of hydrogen-bond donors (Lipinski definition) is 2. The highest BCUT2D eigenvalue weighted by Crippen LogP contribution is 2.22.